The SMILES string of the molecule is Cl.Cn1cnc2c1c(=O)n(CC(=O)Nc1ccccc1C(=O)NCCN)c(=O)n2C. The molecule has 12 heteroatoms. The van der Waals surface area contributed by atoms with E-state index in [1.807, 2.05) is 0 Å². The van der Waals surface area contributed by atoms with E-state index < -0.39 is 29.6 Å². The Bertz CT molecular complexity index is 1210. The first kappa shape index (κ1) is 22.8. The fourth-order valence-electron chi connectivity index (χ4n) is 2.94. The van der Waals surface area contributed by atoms with Gasteiger partial charge in [0.05, 0.1) is 17.6 Å². The molecule has 4 N–H and O–H groups in total. The molecule has 0 unspecified atom stereocenters. The van der Waals surface area contributed by atoms with Crippen molar-refractivity contribution in [2.45, 2.75) is 6.54 Å². The number of nitrogens with two attached hydrogens (primary N) is 1. The number of imidazole rings is 1. The first-order valence-electron chi connectivity index (χ1n) is 8.83. The highest BCUT2D eigenvalue weighted by Gasteiger charge is 2.18. The van der Waals surface area contributed by atoms with Crippen molar-refractivity contribution in [3.63, 3.8) is 0 Å². The topological polar surface area (TPSA) is 146 Å². The maximum absolute atomic E-state index is 12.7. The van der Waals surface area contributed by atoms with Crippen LogP contribution in [-0.2, 0) is 25.4 Å². The minimum absolute atomic E-state index is 0. The molecule has 2 aromatic heterocycles. The Kier molecular flexibility index (Phi) is 7.14. The number of aryl methyl sites for hydroxylation is 2. The minimum Gasteiger partial charge on any atom is -0.351 e. The number of benzene rings is 1. The van der Waals surface area contributed by atoms with Crippen LogP contribution in [0.4, 0.5) is 5.69 Å². The molecule has 3 rings (SSSR count). The van der Waals surface area contributed by atoms with Crippen LogP contribution in [0.5, 0.6) is 0 Å². The summed E-state index contributed by atoms with van der Waals surface area (Å²) in [7, 11) is 3.10. The molecule has 0 fully saturated rings. The predicted octanol–water partition coefficient (Wildman–Crippen LogP) is -0.817. The molecule has 0 radical (unpaired) electrons. The number of para-hydroxylation sites is 1. The molecule has 0 saturated heterocycles. The Balaban J connectivity index is 0.00000320. The summed E-state index contributed by atoms with van der Waals surface area (Å²) in [5.74, 6) is -1.01. The lowest BCUT2D eigenvalue weighted by atomic mass is 10.1. The third kappa shape index (κ3) is 4.26. The van der Waals surface area contributed by atoms with Gasteiger partial charge in [0.15, 0.2) is 11.2 Å². The van der Waals surface area contributed by atoms with E-state index in [4.69, 9.17) is 5.73 Å². The van der Waals surface area contributed by atoms with Gasteiger partial charge in [-0.15, -0.1) is 12.4 Å². The second-order valence-electron chi connectivity index (χ2n) is 6.40. The van der Waals surface area contributed by atoms with E-state index in [1.54, 1.807) is 31.3 Å². The molecule has 0 aliphatic heterocycles. The largest absolute Gasteiger partial charge is 0.351 e. The van der Waals surface area contributed by atoms with Crippen LogP contribution in [0.1, 0.15) is 10.4 Å². The van der Waals surface area contributed by atoms with E-state index in [2.05, 4.69) is 15.6 Å². The Labute approximate surface area is 176 Å². The zero-order valence-electron chi connectivity index (χ0n) is 16.4. The van der Waals surface area contributed by atoms with Crippen molar-refractivity contribution in [2.75, 3.05) is 18.4 Å². The van der Waals surface area contributed by atoms with Crippen LogP contribution in [0.25, 0.3) is 11.2 Å². The van der Waals surface area contributed by atoms with E-state index in [9.17, 15) is 19.2 Å². The number of aromatic nitrogens is 4. The average Bonchev–Trinajstić information content (AvgIpc) is 3.10. The lowest BCUT2D eigenvalue weighted by molar-refractivity contribution is -0.116. The minimum atomic E-state index is -0.662. The number of anilines is 1. The van der Waals surface area contributed by atoms with Gasteiger partial charge >= 0.3 is 5.69 Å². The average molecular weight is 436 g/mol. The summed E-state index contributed by atoms with van der Waals surface area (Å²) in [6, 6.07) is 6.42. The molecule has 0 aliphatic carbocycles. The normalized spacial score (nSPS) is 10.5. The number of rotatable bonds is 6. The van der Waals surface area contributed by atoms with Gasteiger partial charge < -0.3 is 20.9 Å². The molecule has 160 valence electrons. The molecule has 11 nitrogen and oxygen atoms in total. The second-order valence-corrected chi connectivity index (χ2v) is 6.40. The molecule has 0 aliphatic rings. The van der Waals surface area contributed by atoms with Gasteiger partial charge in [0, 0.05) is 27.2 Å². The molecule has 0 bridgehead atoms. The molecule has 30 heavy (non-hydrogen) atoms. The third-order valence-electron chi connectivity index (χ3n) is 4.38. The van der Waals surface area contributed by atoms with E-state index >= 15 is 0 Å². The Morgan fingerprint density at radius 2 is 1.87 bits per heavy atom. The maximum Gasteiger partial charge on any atom is 0.332 e. The molecule has 0 spiro atoms. The summed E-state index contributed by atoms with van der Waals surface area (Å²) in [5, 5.41) is 5.21. The fourth-order valence-corrected chi connectivity index (χ4v) is 2.94. The van der Waals surface area contributed by atoms with Crippen molar-refractivity contribution >= 4 is 41.1 Å². The number of fused-ring (bicyclic) bond motifs is 1. The monoisotopic (exact) mass is 435 g/mol. The Hall–Kier alpha value is -3.44. The molecular formula is C18H22ClN7O4. The van der Waals surface area contributed by atoms with Crippen molar-refractivity contribution in [3.05, 3.63) is 57.0 Å². The van der Waals surface area contributed by atoms with E-state index in [1.165, 1.54) is 22.5 Å². The summed E-state index contributed by atoms with van der Waals surface area (Å²) in [6.07, 6.45) is 1.42. The van der Waals surface area contributed by atoms with Crippen LogP contribution in [0.15, 0.2) is 40.2 Å². The molecule has 3 aromatic rings. The van der Waals surface area contributed by atoms with Crippen LogP contribution < -0.4 is 27.6 Å². The zero-order chi connectivity index (χ0) is 21.1. The van der Waals surface area contributed by atoms with E-state index in [-0.39, 0.29) is 47.9 Å². The number of halogens is 1. The van der Waals surface area contributed by atoms with Gasteiger partial charge in [0.1, 0.15) is 6.54 Å². The molecule has 2 amide bonds. The fraction of sp³-hybridized carbons (Fsp3) is 0.278. The highest BCUT2D eigenvalue weighted by molar-refractivity contribution is 6.03. The summed E-state index contributed by atoms with van der Waals surface area (Å²) >= 11 is 0. The van der Waals surface area contributed by atoms with Crippen LogP contribution in [0.2, 0.25) is 0 Å². The van der Waals surface area contributed by atoms with Gasteiger partial charge in [-0.3, -0.25) is 19.0 Å². The summed E-state index contributed by atoms with van der Waals surface area (Å²) < 4.78 is 3.53. The molecule has 2 heterocycles. The molecular weight excluding hydrogens is 414 g/mol. The molecule has 0 saturated carbocycles. The van der Waals surface area contributed by atoms with Gasteiger partial charge in [0.2, 0.25) is 5.91 Å². The zero-order valence-corrected chi connectivity index (χ0v) is 17.2. The Morgan fingerprint density at radius 1 is 1.17 bits per heavy atom. The van der Waals surface area contributed by atoms with Crippen molar-refractivity contribution < 1.29 is 9.59 Å². The number of carbonyl (C=O) groups excluding carboxylic acids is 2. The number of carbonyl (C=O) groups is 2. The van der Waals surface area contributed by atoms with Crippen LogP contribution in [0, 0.1) is 0 Å². The lowest BCUT2D eigenvalue weighted by Gasteiger charge is -2.12. The van der Waals surface area contributed by atoms with Gasteiger partial charge in [-0.2, -0.15) is 0 Å². The highest BCUT2D eigenvalue weighted by Crippen LogP contribution is 2.15. The summed E-state index contributed by atoms with van der Waals surface area (Å²) in [4.78, 5) is 54.0. The van der Waals surface area contributed by atoms with Crippen LogP contribution in [-0.4, -0.2) is 43.6 Å². The van der Waals surface area contributed by atoms with Gasteiger partial charge in [0.25, 0.3) is 11.5 Å². The van der Waals surface area contributed by atoms with Crippen molar-refractivity contribution in [2.24, 2.45) is 19.8 Å². The smallest absolute Gasteiger partial charge is 0.332 e. The van der Waals surface area contributed by atoms with Crippen LogP contribution in [0.3, 0.4) is 0 Å². The second kappa shape index (κ2) is 9.37. The predicted molar refractivity (Wildman–Crippen MR) is 114 cm³/mol. The number of nitrogens with one attached hydrogen (secondary N) is 2. The standard InChI is InChI=1S/C18H21N7O4.ClH/c1-23-10-21-15-14(23)17(28)25(18(29)24(15)2)9-13(26)22-12-6-4-3-5-11(12)16(27)20-8-7-19;/h3-6,10H,7-9,19H2,1-2H3,(H,20,27)(H,22,26);1H. The lowest BCUT2D eigenvalue weighted by Crippen LogP contribution is -2.42. The summed E-state index contributed by atoms with van der Waals surface area (Å²) in [6.45, 7) is 0.0611. The van der Waals surface area contributed by atoms with Crippen molar-refractivity contribution in [1.29, 1.82) is 0 Å². The third-order valence-corrected chi connectivity index (χ3v) is 4.38. The number of nitrogens with zero attached hydrogens (tertiary/aromatic N) is 4. The van der Waals surface area contributed by atoms with Gasteiger partial charge in [-0.05, 0) is 12.1 Å². The first-order valence-corrected chi connectivity index (χ1v) is 8.83. The number of amides is 2. The quantitative estimate of drug-likeness (QED) is 0.461. The maximum atomic E-state index is 12.7. The van der Waals surface area contributed by atoms with E-state index in [0.717, 1.165) is 4.57 Å². The highest BCUT2D eigenvalue weighted by atomic mass is 35.5. The van der Waals surface area contributed by atoms with Crippen molar-refractivity contribution in [3.8, 4) is 0 Å². The molecule has 0 atom stereocenters. The first-order chi connectivity index (χ1) is 13.8. The van der Waals surface area contributed by atoms with Gasteiger partial charge in [-0.25, -0.2) is 14.3 Å². The number of hydrogen-bond acceptors (Lipinski definition) is 6. The van der Waals surface area contributed by atoms with E-state index in [0.29, 0.717) is 0 Å². The van der Waals surface area contributed by atoms with Crippen LogP contribution >= 0.6 is 12.4 Å². The number of hydrogen-bond donors (Lipinski definition) is 3. The Morgan fingerprint density at radius 3 is 2.57 bits per heavy atom. The molecule has 1 aromatic carbocycles. The summed E-state index contributed by atoms with van der Waals surface area (Å²) in [5.41, 5.74) is 5.06. The van der Waals surface area contributed by atoms with Gasteiger partial charge in [-0.1, -0.05) is 12.1 Å². The van der Waals surface area contributed by atoms with Crippen molar-refractivity contribution in [1.82, 2.24) is 24.0 Å².